The van der Waals surface area contributed by atoms with Gasteiger partial charge in [-0.15, -0.1) is 0 Å². The molecule has 0 bridgehead atoms. The Bertz CT molecular complexity index is 2460. The van der Waals surface area contributed by atoms with Crippen molar-refractivity contribution >= 4 is 17.1 Å². The maximum Gasteiger partial charge on any atom is 0.246 e. The first-order chi connectivity index (χ1) is 29.4. The van der Waals surface area contributed by atoms with E-state index < -0.39 is 41.7 Å². The molecule has 300 valence electrons. The quantitative estimate of drug-likeness (QED) is 0.0995. The van der Waals surface area contributed by atoms with Crippen LogP contribution in [0.4, 0.5) is 10.3 Å². The Kier molecular flexibility index (Phi) is 10.4. The first-order valence-electron chi connectivity index (χ1n) is 20.0. The number of benzene rings is 6. The minimum atomic E-state index is -2.01. The van der Waals surface area contributed by atoms with Crippen LogP contribution >= 0.6 is 0 Å². The summed E-state index contributed by atoms with van der Waals surface area (Å²) in [5, 5.41) is 27.0. The van der Waals surface area contributed by atoms with Crippen molar-refractivity contribution in [1.29, 1.82) is 0 Å². The van der Waals surface area contributed by atoms with E-state index in [1.807, 2.05) is 146 Å². The molecule has 0 aliphatic heterocycles. The van der Waals surface area contributed by atoms with Crippen LogP contribution in [-0.4, -0.2) is 61.3 Å². The maximum absolute atomic E-state index is 17.8. The van der Waals surface area contributed by atoms with Gasteiger partial charge in [-0.05, 0) is 33.4 Å². The second-order valence-electron chi connectivity index (χ2n) is 15.1. The van der Waals surface area contributed by atoms with E-state index in [9.17, 15) is 10.2 Å². The molecule has 1 saturated carbocycles. The number of aliphatic hydroxyl groups excluding tert-OH is 1. The number of ether oxygens (including phenoxy) is 2. The fraction of sp³-hybridized carbons (Fsp3) is 0.180. The van der Waals surface area contributed by atoms with Gasteiger partial charge in [-0.1, -0.05) is 182 Å². The Labute approximate surface area is 347 Å². The Morgan fingerprint density at radius 2 is 1.08 bits per heavy atom. The molecule has 9 nitrogen and oxygen atoms in total. The van der Waals surface area contributed by atoms with Crippen molar-refractivity contribution in [3.05, 3.63) is 222 Å². The normalized spacial score (nSPS) is 19.3. The van der Waals surface area contributed by atoms with Crippen molar-refractivity contribution in [2.24, 2.45) is 0 Å². The summed E-state index contributed by atoms with van der Waals surface area (Å²) < 4.78 is 32.3. The van der Waals surface area contributed by atoms with Crippen LogP contribution in [-0.2, 0) is 15.9 Å². The smallest absolute Gasteiger partial charge is 0.246 e. The van der Waals surface area contributed by atoms with Crippen LogP contribution in [0.2, 0.25) is 0 Å². The summed E-state index contributed by atoms with van der Waals surface area (Å²) in [5.74, 6) is 0.381. The summed E-state index contributed by atoms with van der Waals surface area (Å²) in [4.78, 5) is 14.5. The highest BCUT2D eigenvalue weighted by molar-refractivity contribution is 5.78. The second-order valence-corrected chi connectivity index (χ2v) is 15.1. The number of aromatic nitrogens is 4. The number of methoxy groups -OCH3 is 1. The lowest BCUT2D eigenvalue weighted by Gasteiger charge is -2.41. The van der Waals surface area contributed by atoms with E-state index in [1.54, 1.807) is 4.57 Å². The SMILES string of the molecule is COc1nc(NC(c2ccccc2)(c2ccccc2)c2ccccc2)nc2c1ncn2[C@@H]1C[C@](O)(CO)[C@@H](OC(c2ccccc2)(c2ccccc2)c2ccccc2)[C@@H]1F. The highest BCUT2D eigenvalue weighted by Gasteiger charge is 2.58. The van der Waals surface area contributed by atoms with Crippen LogP contribution in [0.15, 0.2) is 188 Å². The Morgan fingerprint density at radius 1 is 0.667 bits per heavy atom. The number of alkyl halides is 1. The number of rotatable bonds is 13. The number of fused-ring (bicyclic) bond motifs is 1. The lowest BCUT2D eigenvalue weighted by molar-refractivity contribution is -0.168. The van der Waals surface area contributed by atoms with Crippen molar-refractivity contribution in [3.8, 4) is 5.88 Å². The minimum absolute atomic E-state index is 0.180. The zero-order valence-electron chi connectivity index (χ0n) is 32.9. The fourth-order valence-electron chi connectivity index (χ4n) is 8.86. The molecule has 8 aromatic rings. The minimum Gasteiger partial charge on any atom is -0.479 e. The summed E-state index contributed by atoms with van der Waals surface area (Å²) in [5.41, 5.74) is 1.24. The largest absolute Gasteiger partial charge is 0.479 e. The van der Waals surface area contributed by atoms with Crippen molar-refractivity contribution in [1.82, 2.24) is 19.5 Å². The monoisotopic (exact) mass is 797 g/mol. The number of aliphatic hydroxyl groups is 2. The topological polar surface area (TPSA) is 115 Å². The molecule has 60 heavy (non-hydrogen) atoms. The molecule has 0 spiro atoms. The van der Waals surface area contributed by atoms with Gasteiger partial charge in [-0.2, -0.15) is 9.97 Å². The van der Waals surface area contributed by atoms with Crippen LogP contribution in [0.3, 0.4) is 0 Å². The Balaban J connectivity index is 1.17. The highest BCUT2D eigenvalue weighted by atomic mass is 19.1. The zero-order chi connectivity index (χ0) is 41.2. The van der Waals surface area contributed by atoms with Crippen LogP contribution in [0.5, 0.6) is 5.88 Å². The molecular formula is C50H44FN5O4. The van der Waals surface area contributed by atoms with Gasteiger partial charge >= 0.3 is 0 Å². The molecule has 1 aliphatic rings. The molecule has 1 fully saturated rings. The van der Waals surface area contributed by atoms with Gasteiger partial charge in [0.15, 0.2) is 11.2 Å². The van der Waals surface area contributed by atoms with Gasteiger partial charge in [0.1, 0.15) is 29.0 Å². The molecule has 6 aromatic carbocycles. The number of nitrogens with zero attached hydrogens (tertiary/aromatic N) is 4. The molecule has 0 saturated heterocycles. The third-order valence-corrected chi connectivity index (χ3v) is 11.7. The summed E-state index contributed by atoms with van der Waals surface area (Å²) in [6.07, 6.45) is -2.06. The van der Waals surface area contributed by atoms with Crippen LogP contribution in [0.1, 0.15) is 45.8 Å². The van der Waals surface area contributed by atoms with E-state index in [-0.39, 0.29) is 23.9 Å². The average Bonchev–Trinajstić information content (AvgIpc) is 3.85. The molecular weight excluding hydrogens is 754 g/mol. The molecule has 0 unspecified atom stereocenters. The summed E-state index contributed by atoms with van der Waals surface area (Å²) in [7, 11) is 1.50. The molecule has 2 heterocycles. The summed E-state index contributed by atoms with van der Waals surface area (Å²) in [6.45, 7) is -0.755. The predicted molar refractivity (Wildman–Crippen MR) is 229 cm³/mol. The average molecular weight is 798 g/mol. The lowest BCUT2D eigenvalue weighted by Crippen LogP contribution is -2.51. The second kappa shape index (κ2) is 16.1. The highest BCUT2D eigenvalue weighted by Crippen LogP contribution is 2.50. The number of anilines is 1. The van der Waals surface area contributed by atoms with Gasteiger partial charge in [-0.3, -0.25) is 0 Å². The fourth-order valence-corrected chi connectivity index (χ4v) is 8.86. The van der Waals surface area contributed by atoms with Crippen molar-refractivity contribution in [2.45, 2.75) is 41.5 Å². The Hall–Kier alpha value is -6.72. The van der Waals surface area contributed by atoms with E-state index in [0.717, 1.165) is 33.4 Å². The molecule has 2 aromatic heterocycles. The lowest BCUT2D eigenvalue weighted by atomic mass is 9.77. The van der Waals surface area contributed by atoms with Gasteiger partial charge in [0.05, 0.1) is 26.1 Å². The molecule has 3 N–H and O–H groups in total. The van der Waals surface area contributed by atoms with E-state index in [0.29, 0.717) is 5.52 Å². The molecule has 0 radical (unpaired) electrons. The van der Waals surface area contributed by atoms with Gasteiger partial charge in [-0.25, -0.2) is 9.37 Å². The number of hydrogen-bond donors (Lipinski definition) is 3. The summed E-state index contributed by atoms with van der Waals surface area (Å²) in [6, 6.07) is 57.8. The van der Waals surface area contributed by atoms with E-state index in [4.69, 9.17) is 19.4 Å². The number of hydrogen-bond acceptors (Lipinski definition) is 8. The zero-order valence-corrected chi connectivity index (χ0v) is 32.9. The summed E-state index contributed by atoms with van der Waals surface area (Å²) >= 11 is 0. The molecule has 4 atom stereocenters. The molecule has 9 rings (SSSR count). The molecule has 0 amide bonds. The van der Waals surface area contributed by atoms with E-state index in [1.165, 1.54) is 13.4 Å². The van der Waals surface area contributed by atoms with Crippen LogP contribution in [0, 0.1) is 0 Å². The number of nitrogens with one attached hydrogen (secondary N) is 1. The third kappa shape index (κ3) is 6.59. The number of imidazole rings is 1. The van der Waals surface area contributed by atoms with Gasteiger partial charge in [0.25, 0.3) is 0 Å². The predicted octanol–water partition coefficient (Wildman–Crippen LogP) is 8.62. The van der Waals surface area contributed by atoms with Crippen molar-refractivity contribution < 1.29 is 24.1 Å². The Morgan fingerprint density at radius 3 is 1.48 bits per heavy atom. The first-order valence-corrected chi connectivity index (χ1v) is 20.0. The third-order valence-electron chi connectivity index (χ3n) is 11.7. The van der Waals surface area contributed by atoms with Gasteiger partial charge in [0.2, 0.25) is 11.8 Å². The van der Waals surface area contributed by atoms with E-state index in [2.05, 4.69) is 46.7 Å². The number of halogens is 1. The maximum atomic E-state index is 17.8. The van der Waals surface area contributed by atoms with Gasteiger partial charge in [0, 0.05) is 6.42 Å². The van der Waals surface area contributed by atoms with Crippen LogP contribution < -0.4 is 10.1 Å². The first kappa shape index (κ1) is 38.8. The van der Waals surface area contributed by atoms with Gasteiger partial charge < -0.3 is 29.6 Å². The van der Waals surface area contributed by atoms with E-state index >= 15 is 4.39 Å². The molecule has 1 aliphatic carbocycles. The van der Waals surface area contributed by atoms with Crippen molar-refractivity contribution in [3.63, 3.8) is 0 Å². The molecule has 10 heteroatoms. The van der Waals surface area contributed by atoms with Crippen LogP contribution in [0.25, 0.3) is 11.2 Å². The standard InChI is InChI=1S/C50H44FN5O4/c1-59-46-43-45(53-47(54-46)55-49(35-20-8-2-9-21-35,36-22-10-3-11-23-36)37-24-12-4-13-25-37)56(34-52-43)41-32-48(58,33-57)44(42(41)51)60-50(38-26-14-5-15-27-38,39-28-16-6-17-29-39)40-30-18-7-19-31-40/h2-31,34,41-42,44,57-58H,32-33H2,1H3,(H,53,54,55)/t41-,42-,44+,48+/m1/s1. The van der Waals surface area contributed by atoms with Crippen molar-refractivity contribution in [2.75, 3.05) is 19.0 Å².